The molecule has 1 nitrogen and oxygen atoms in total. The first-order valence-corrected chi connectivity index (χ1v) is 7.77. The second-order valence-corrected chi connectivity index (χ2v) is 6.62. The highest BCUT2D eigenvalue weighted by atomic mass is 35.5. The fourth-order valence-corrected chi connectivity index (χ4v) is 4.15. The van der Waals surface area contributed by atoms with E-state index in [4.69, 9.17) is 23.2 Å². The molecule has 3 rings (SSSR count). The molecule has 0 saturated carbocycles. The van der Waals surface area contributed by atoms with E-state index in [2.05, 4.69) is 22.4 Å². The Bertz CT molecular complexity index is 529. The summed E-state index contributed by atoms with van der Waals surface area (Å²) in [5.41, 5.74) is 1.08. The van der Waals surface area contributed by atoms with Crippen LogP contribution in [0.15, 0.2) is 50.5 Å². The molecule has 0 fully saturated rings. The lowest BCUT2D eigenvalue weighted by Crippen LogP contribution is -2.21. The van der Waals surface area contributed by atoms with Crippen molar-refractivity contribution in [3.63, 3.8) is 0 Å². The lowest BCUT2D eigenvalue weighted by molar-refractivity contribution is 0.458. The summed E-state index contributed by atoms with van der Waals surface area (Å²) in [4.78, 5) is 4.59. The van der Waals surface area contributed by atoms with E-state index in [0.29, 0.717) is 0 Å². The molecule has 0 spiro atoms. The zero-order chi connectivity index (χ0) is 11.8. The maximum atomic E-state index is 6.28. The molecule has 0 bridgehead atoms. The van der Waals surface area contributed by atoms with Crippen LogP contribution in [0.25, 0.3) is 0 Å². The summed E-state index contributed by atoms with van der Waals surface area (Å²) in [6.07, 6.45) is 3.99. The van der Waals surface area contributed by atoms with Gasteiger partial charge in [-0.05, 0) is 23.6 Å². The largest absolute Gasteiger partial charge is 0.325 e. The fraction of sp³-hybridized carbons (Fsp3) is 0.167. The summed E-state index contributed by atoms with van der Waals surface area (Å²) >= 11 is 16.1. The molecule has 0 unspecified atom stereocenters. The number of hydrogen-bond donors (Lipinski definition) is 0. The number of fused-ring (bicyclic) bond motifs is 1. The van der Waals surface area contributed by atoms with Crippen LogP contribution in [-0.4, -0.2) is 10.7 Å². The van der Waals surface area contributed by atoms with Crippen LogP contribution < -0.4 is 0 Å². The van der Waals surface area contributed by atoms with Gasteiger partial charge in [0.05, 0.1) is 17.3 Å². The van der Waals surface area contributed by atoms with E-state index >= 15 is 0 Å². The molecular formula is C12H9Cl2NS2. The van der Waals surface area contributed by atoms with Crippen molar-refractivity contribution in [1.82, 2.24) is 4.90 Å². The summed E-state index contributed by atoms with van der Waals surface area (Å²) in [5.74, 6) is 0.849. The van der Waals surface area contributed by atoms with E-state index in [1.54, 1.807) is 23.1 Å². The molecular weight excluding hydrogens is 293 g/mol. The third-order valence-corrected chi connectivity index (χ3v) is 5.37. The monoisotopic (exact) mass is 301 g/mol. The lowest BCUT2D eigenvalue weighted by Gasteiger charge is -2.28. The van der Waals surface area contributed by atoms with Crippen molar-refractivity contribution in [2.45, 2.75) is 6.54 Å². The standard InChI is InChI=1S/C12H9Cl2NS2/c13-9-7-17-10-3-4-11(14)15(12(9)10)6-8-2-1-5-16-8/h1-5H,6-7H2. The van der Waals surface area contributed by atoms with Gasteiger partial charge in [0.25, 0.3) is 0 Å². The van der Waals surface area contributed by atoms with Crippen LogP contribution in [0.5, 0.6) is 0 Å². The number of halogens is 2. The summed E-state index contributed by atoms with van der Waals surface area (Å²) in [5, 5.41) is 3.70. The van der Waals surface area contributed by atoms with E-state index in [9.17, 15) is 0 Å². The Kier molecular flexibility index (Phi) is 3.26. The SMILES string of the molecule is ClC1=CC=C2SCC(Cl)=C2N1Cc1cccs1. The normalized spacial score (nSPS) is 19.3. The van der Waals surface area contributed by atoms with Gasteiger partial charge in [-0.15, -0.1) is 23.1 Å². The molecule has 5 heteroatoms. The molecule has 0 radical (unpaired) electrons. The maximum Gasteiger partial charge on any atom is 0.109 e. The fourth-order valence-electron chi connectivity index (χ4n) is 1.87. The molecule has 0 aromatic carbocycles. The van der Waals surface area contributed by atoms with Crippen LogP contribution in [0.4, 0.5) is 0 Å². The first-order valence-electron chi connectivity index (χ1n) is 5.15. The first kappa shape index (κ1) is 11.7. The van der Waals surface area contributed by atoms with Gasteiger partial charge in [-0.2, -0.15) is 0 Å². The highest BCUT2D eigenvalue weighted by Crippen LogP contribution is 2.44. The van der Waals surface area contributed by atoms with Crippen LogP contribution in [0.1, 0.15) is 4.88 Å². The zero-order valence-corrected chi connectivity index (χ0v) is 12.0. The van der Waals surface area contributed by atoms with Gasteiger partial charge in [0.1, 0.15) is 5.16 Å². The Morgan fingerprint density at radius 2 is 2.18 bits per heavy atom. The van der Waals surface area contributed by atoms with Crippen molar-refractivity contribution < 1.29 is 0 Å². The molecule has 0 aliphatic carbocycles. The Labute approximate surface area is 118 Å². The van der Waals surface area contributed by atoms with Gasteiger partial charge in [0.15, 0.2) is 0 Å². The molecule has 3 heterocycles. The number of hydrogen-bond acceptors (Lipinski definition) is 3. The van der Waals surface area contributed by atoms with Gasteiger partial charge >= 0.3 is 0 Å². The predicted molar refractivity (Wildman–Crippen MR) is 77.2 cm³/mol. The third kappa shape index (κ3) is 2.17. The summed E-state index contributed by atoms with van der Waals surface area (Å²) < 4.78 is 0. The average molecular weight is 302 g/mol. The summed E-state index contributed by atoms with van der Waals surface area (Å²) in [7, 11) is 0. The van der Waals surface area contributed by atoms with E-state index in [-0.39, 0.29) is 0 Å². The molecule has 17 heavy (non-hydrogen) atoms. The van der Waals surface area contributed by atoms with E-state index in [0.717, 1.165) is 28.2 Å². The van der Waals surface area contributed by atoms with Crippen molar-refractivity contribution in [2.24, 2.45) is 0 Å². The number of nitrogens with zero attached hydrogens (tertiary/aromatic N) is 1. The quantitative estimate of drug-likeness (QED) is 0.727. The smallest absolute Gasteiger partial charge is 0.109 e. The molecule has 0 saturated heterocycles. The second kappa shape index (κ2) is 4.73. The Morgan fingerprint density at radius 1 is 1.29 bits per heavy atom. The van der Waals surface area contributed by atoms with Gasteiger partial charge in [0, 0.05) is 15.5 Å². The van der Waals surface area contributed by atoms with Crippen LogP contribution in [0.2, 0.25) is 0 Å². The zero-order valence-electron chi connectivity index (χ0n) is 8.82. The van der Waals surface area contributed by atoms with Crippen LogP contribution in [0, 0.1) is 0 Å². The number of thioether (sulfide) groups is 1. The molecule has 0 atom stereocenters. The van der Waals surface area contributed by atoms with Gasteiger partial charge in [0.2, 0.25) is 0 Å². The molecule has 2 aliphatic rings. The van der Waals surface area contributed by atoms with E-state index in [1.165, 1.54) is 9.78 Å². The first-order chi connectivity index (χ1) is 8.25. The van der Waals surface area contributed by atoms with Gasteiger partial charge in [-0.3, -0.25) is 0 Å². The number of allylic oxidation sites excluding steroid dienone is 2. The molecule has 1 aromatic heterocycles. The summed E-state index contributed by atoms with van der Waals surface area (Å²) in [6, 6.07) is 4.17. The predicted octanol–water partition coefficient (Wildman–Crippen LogP) is 4.73. The number of rotatable bonds is 2. The third-order valence-electron chi connectivity index (χ3n) is 2.64. The molecule has 0 amide bonds. The van der Waals surface area contributed by atoms with Crippen molar-refractivity contribution in [3.05, 3.63) is 55.3 Å². The van der Waals surface area contributed by atoms with Gasteiger partial charge in [-0.1, -0.05) is 29.3 Å². The molecule has 2 aliphatic heterocycles. The topological polar surface area (TPSA) is 3.24 Å². The van der Waals surface area contributed by atoms with E-state index in [1.807, 2.05) is 12.2 Å². The van der Waals surface area contributed by atoms with E-state index < -0.39 is 0 Å². The van der Waals surface area contributed by atoms with Crippen molar-refractivity contribution in [2.75, 3.05) is 5.75 Å². The van der Waals surface area contributed by atoms with Crippen LogP contribution in [-0.2, 0) is 6.54 Å². The highest BCUT2D eigenvalue weighted by molar-refractivity contribution is 8.03. The van der Waals surface area contributed by atoms with Crippen molar-refractivity contribution in [1.29, 1.82) is 0 Å². The maximum absolute atomic E-state index is 6.28. The molecule has 1 aromatic rings. The van der Waals surface area contributed by atoms with Crippen molar-refractivity contribution >= 4 is 46.3 Å². The minimum Gasteiger partial charge on any atom is -0.325 e. The van der Waals surface area contributed by atoms with Gasteiger partial charge in [-0.25, -0.2) is 0 Å². The van der Waals surface area contributed by atoms with Crippen molar-refractivity contribution in [3.8, 4) is 0 Å². The minimum atomic E-state index is 0.734. The van der Waals surface area contributed by atoms with Crippen LogP contribution in [0.3, 0.4) is 0 Å². The summed E-state index contributed by atoms with van der Waals surface area (Å²) in [6.45, 7) is 0.788. The lowest BCUT2D eigenvalue weighted by atomic mass is 10.2. The van der Waals surface area contributed by atoms with Gasteiger partial charge < -0.3 is 4.90 Å². The molecule has 88 valence electrons. The highest BCUT2D eigenvalue weighted by Gasteiger charge is 2.28. The Balaban J connectivity index is 1.95. The average Bonchev–Trinajstić information content (AvgIpc) is 2.93. The minimum absolute atomic E-state index is 0.734. The molecule has 0 N–H and O–H groups in total. The Morgan fingerprint density at radius 3 is 2.94 bits per heavy atom. The number of thiophene rings is 1. The van der Waals surface area contributed by atoms with Crippen LogP contribution >= 0.6 is 46.3 Å². The Hall–Kier alpha value is -0.350. The second-order valence-electron chi connectivity index (χ2n) is 3.73.